The lowest BCUT2D eigenvalue weighted by molar-refractivity contribution is -0.131. The van der Waals surface area contributed by atoms with Gasteiger partial charge >= 0.3 is 0 Å². The first-order valence-corrected chi connectivity index (χ1v) is 7.94. The van der Waals surface area contributed by atoms with Crippen molar-refractivity contribution in [3.63, 3.8) is 0 Å². The molecular formula is C13H14ClIN2O4. The summed E-state index contributed by atoms with van der Waals surface area (Å²) in [6.45, 7) is 0.104. The van der Waals surface area contributed by atoms with Gasteiger partial charge in [0.25, 0.3) is 6.01 Å². The Balaban J connectivity index is 1.73. The van der Waals surface area contributed by atoms with Crippen LogP contribution in [0.15, 0.2) is 12.1 Å². The van der Waals surface area contributed by atoms with Gasteiger partial charge in [-0.15, -0.1) is 0 Å². The number of aromatic nitrogens is 2. The van der Waals surface area contributed by atoms with Crippen LogP contribution in [0.2, 0.25) is 5.02 Å². The lowest BCUT2D eigenvalue weighted by Gasteiger charge is -2.31. The fourth-order valence-electron chi connectivity index (χ4n) is 2.28. The summed E-state index contributed by atoms with van der Waals surface area (Å²) >= 11 is 8.21. The molecule has 3 rings (SSSR count). The number of aromatic amines is 1. The molecule has 0 spiro atoms. The molecule has 114 valence electrons. The second-order valence-corrected chi connectivity index (χ2v) is 6.49. The Labute approximate surface area is 139 Å². The lowest BCUT2D eigenvalue weighted by Crippen LogP contribution is -2.45. The number of benzene rings is 1. The first-order valence-electron chi connectivity index (χ1n) is 6.48. The molecule has 3 N–H and O–H groups in total. The molecule has 2 heterocycles. The summed E-state index contributed by atoms with van der Waals surface area (Å²) in [5.74, 6) is 0. The SMILES string of the molecule is OC[C@H]1OC[C@H](Oc2nc3cc(I)c(Cl)cc3[nH]2)C[C@@H]1O. The number of nitrogens with zero attached hydrogens (tertiary/aromatic N) is 1. The Kier molecular flexibility index (Phi) is 4.55. The molecule has 1 aliphatic heterocycles. The number of H-pyrrole nitrogens is 1. The number of fused-ring (bicyclic) bond motifs is 1. The van der Waals surface area contributed by atoms with Crippen LogP contribution in [0.1, 0.15) is 6.42 Å². The zero-order chi connectivity index (χ0) is 15.0. The van der Waals surface area contributed by atoms with Crippen molar-refractivity contribution >= 4 is 45.2 Å². The average Bonchev–Trinajstić information content (AvgIpc) is 2.81. The third kappa shape index (κ3) is 3.26. The van der Waals surface area contributed by atoms with E-state index in [0.29, 0.717) is 24.1 Å². The van der Waals surface area contributed by atoms with Crippen molar-refractivity contribution in [2.75, 3.05) is 13.2 Å². The molecule has 21 heavy (non-hydrogen) atoms. The second kappa shape index (κ2) is 6.25. The van der Waals surface area contributed by atoms with Crippen molar-refractivity contribution in [3.8, 4) is 6.01 Å². The van der Waals surface area contributed by atoms with Gasteiger partial charge in [-0.1, -0.05) is 11.6 Å². The van der Waals surface area contributed by atoms with E-state index in [0.717, 1.165) is 14.6 Å². The van der Waals surface area contributed by atoms with Crippen molar-refractivity contribution in [1.82, 2.24) is 9.97 Å². The van der Waals surface area contributed by atoms with Crippen LogP contribution >= 0.6 is 34.2 Å². The Bertz CT molecular complexity index is 611. The molecule has 0 amide bonds. The van der Waals surface area contributed by atoms with Gasteiger partial charge in [-0.2, -0.15) is 4.98 Å². The summed E-state index contributed by atoms with van der Waals surface area (Å²) in [4.78, 5) is 7.39. The lowest BCUT2D eigenvalue weighted by atomic mass is 10.0. The largest absolute Gasteiger partial charge is 0.459 e. The molecule has 0 unspecified atom stereocenters. The van der Waals surface area contributed by atoms with Crippen molar-refractivity contribution < 1.29 is 19.7 Å². The Hall–Kier alpha value is -0.610. The molecule has 6 nitrogen and oxygen atoms in total. The van der Waals surface area contributed by atoms with E-state index in [1.807, 2.05) is 6.07 Å². The van der Waals surface area contributed by atoms with Crippen LogP contribution in [0.25, 0.3) is 11.0 Å². The maximum Gasteiger partial charge on any atom is 0.294 e. The van der Waals surface area contributed by atoms with E-state index in [4.69, 9.17) is 26.2 Å². The minimum Gasteiger partial charge on any atom is -0.459 e. The van der Waals surface area contributed by atoms with Gasteiger partial charge in [0, 0.05) is 9.99 Å². The Morgan fingerprint density at radius 3 is 3.05 bits per heavy atom. The predicted octanol–water partition coefficient (Wildman–Crippen LogP) is 1.71. The van der Waals surface area contributed by atoms with Crippen LogP contribution in [0.5, 0.6) is 6.01 Å². The van der Waals surface area contributed by atoms with Gasteiger partial charge < -0.3 is 24.7 Å². The van der Waals surface area contributed by atoms with E-state index in [9.17, 15) is 5.11 Å². The normalized spacial score (nSPS) is 26.2. The molecule has 0 aliphatic carbocycles. The third-order valence-corrected chi connectivity index (χ3v) is 4.91. The number of ether oxygens (including phenoxy) is 2. The van der Waals surface area contributed by atoms with Gasteiger partial charge in [0.1, 0.15) is 12.2 Å². The summed E-state index contributed by atoms with van der Waals surface area (Å²) < 4.78 is 12.0. The number of aliphatic hydroxyl groups excluding tert-OH is 2. The highest BCUT2D eigenvalue weighted by molar-refractivity contribution is 14.1. The van der Waals surface area contributed by atoms with Gasteiger partial charge in [-0.05, 0) is 34.7 Å². The highest BCUT2D eigenvalue weighted by atomic mass is 127. The maximum absolute atomic E-state index is 9.82. The summed E-state index contributed by atoms with van der Waals surface area (Å²) in [6, 6.07) is 4.04. The highest BCUT2D eigenvalue weighted by Crippen LogP contribution is 2.26. The minimum absolute atomic E-state index is 0.199. The van der Waals surface area contributed by atoms with Crippen molar-refractivity contribution in [2.45, 2.75) is 24.7 Å². The molecule has 1 aromatic carbocycles. The van der Waals surface area contributed by atoms with E-state index >= 15 is 0 Å². The van der Waals surface area contributed by atoms with Gasteiger partial charge in [-0.3, -0.25) is 0 Å². The van der Waals surface area contributed by atoms with Gasteiger partial charge in [0.2, 0.25) is 0 Å². The predicted molar refractivity (Wildman–Crippen MR) is 85.7 cm³/mol. The molecule has 2 aromatic rings. The van der Waals surface area contributed by atoms with Crippen LogP contribution in [0.3, 0.4) is 0 Å². The molecule has 1 aliphatic rings. The molecular weight excluding hydrogens is 411 g/mol. The number of nitrogens with one attached hydrogen (secondary N) is 1. The number of hydrogen-bond donors (Lipinski definition) is 3. The Morgan fingerprint density at radius 2 is 2.33 bits per heavy atom. The van der Waals surface area contributed by atoms with Crippen LogP contribution in [-0.2, 0) is 4.74 Å². The molecule has 0 bridgehead atoms. The molecule has 1 aromatic heterocycles. The number of halogens is 2. The molecule has 8 heteroatoms. The highest BCUT2D eigenvalue weighted by Gasteiger charge is 2.31. The quantitative estimate of drug-likeness (QED) is 0.653. The fourth-order valence-corrected chi connectivity index (χ4v) is 2.90. The van der Waals surface area contributed by atoms with Crippen LogP contribution in [0.4, 0.5) is 0 Å². The third-order valence-electron chi connectivity index (χ3n) is 3.39. The van der Waals surface area contributed by atoms with E-state index in [-0.39, 0.29) is 12.7 Å². The number of rotatable bonds is 3. The monoisotopic (exact) mass is 424 g/mol. The standard InChI is InChI=1S/C13H14ClIN2O4/c14-7-2-9-10(3-8(7)15)17-13(16-9)21-6-1-11(19)12(4-18)20-5-6/h2-3,6,11-12,18-19H,1,4-5H2,(H,16,17)/t6-,11+,12-/m1/s1. The summed E-state index contributed by atoms with van der Waals surface area (Å²) in [7, 11) is 0. The van der Waals surface area contributed by atoms with Gasteiger partial charge in [0.15, 0.2) is 0 Å². The Morgan fingerprint density at radius 1 is 1.52 bits per heavy atom. The smallest absolute Gasteiger partial charge is 0.294 e. The van der Waals surface area contributed by atoms with E-state index in [1.54, 1.807) is 6.07 Å². The second-order valence-electron chi connectivity index (χ2n) is 4.92. The van der Waals surface area contributed by atoms with E-state index < -0.39 is 12.2 Å². The van der Waals surface area contributed by atoms with Crippen LogP contribution in [-0.4, -0.2) is 51.7 Å². The minimum atomic E-state index is -0.742. The summed E-state index contributed by atoms with van der Waals surface area (Å²) in [6.07, 6.45) is -1.20. The maximum atomic E-state index is 9.82. The number of imidazole rings is 1. The molecule has 0 saturated carbocycles. The van der Waals surface area contributed by atoms with Crippen molar-refractivity contribution in [3.05, 3.63) is 20.7 Å². The summed E-state index contributed by atoms with van der Waals surface area (Å²) in [5, 5.41) is 19.5. The number of aliphatic hydroxyl groups is 2. The van der Waals surface area contributed by atoms with Gasteiger partial charge in [0.05, 0.1) is 35.4 Å². The molecule has 1 saturated heterocycles. The number of hydrogen-bond acceptors (Lipinski definition) is 5. The van der Waals surface area contributed by atoms with Crippen molar-refractivity contribution in [2.24, 2.45) is 0 Å². The zero-order valence-electron chi connectivity index (χ0n) is 10.9. The van der Waals surface area contributed by atoms with E-state index in [2.05, 4.69) is 32.6 Å². The average molecular weight is 425 g/mol. The topological polar surface area (TPSA) is 87.6 Å². The van der Waals surface area contributed by atoms with Crippen LogP contribution in [0, 0.1) is 3.57 Å². The molecule has 0 radical (unpaired) electrons. The zero-order valence-corrected chi connectivity index (χ0v) is 13.8. The first-order chi connectivity index (χ1) is 10.1. The fraction of sp³-hybridized carbons (Fsp3) is 0.462. The molecule has 1 fully saturated rings. The van der Waals surface area contributed by atoms with Crippen molar-refractivity contribution in [1.29, 1.82) is 0 Å². The van der Waals surface area contributed by atoms with E-state index in [1.165, 1.54) is 0 Å². The first kappa shape index (κ1) is 15.3. The molecule has 3 atom stereocenters. The summed E-state index contributed by atoms with van der Waals surface area (Å²) in [5.41, 5.74) is 1.56. The van der Waals surface area contributed by atoms with Crippen LogP contribution < -0.4 is 4.74 Å². The van der Waals surface area contributed by atoms with Gasteiger partial charge in [-0.25, -0.2) is 0 Å².